The maximum Gasteiger partial charge on any atom is 0.166 e. The van der Waals surface area contributed by atoms with E-state index in [2.05, 4.69) is 10.1 Å². The molecular weight excluding hydrogens is 305 g/mol. The van der Waals surface area contributed by atoms with Crippen LogP contribution in [0.15, 0.2) is 30.3 Å². The summed E-state index contributed by atoms with van der Waals surface area (Å²) in [5.41, 5.74) is 3.10. The van der Waals surface area contributed by atoms with Crippen LogP contribution >= 0.6 is 34.8 Å². The molecule has 6 heteroatoms. The molecular formula is C13H8Cl3N3. The minimum Gasteiger partial charge on any atom is -0.216 e. The summed E-state index contributed by atoms with van der Waals surface area (Å²) in [5, 5.41) is 5.75. The third-order valence-electron chi connectivity index (χ3n) is 2.83. The van der Waals surface area contributed by atoms with Crippen molar-refractivity contribution in [1.29, 1.82) is 0 Å². The fraction of sp³-hybridized carbons (Fsp3) is 0.0769. The molecule has 3 rings (SSSR count). The molecule has 3 aromatic rings. The maximum absolute atomic E-state index is 6.24. The molecule has 0 fully saturated rings. The first-order valence-corrected chi connectivity index (χ1v) is 6.67. The first-order chi connectivity index (χ1) is 9.08. The minimum atomic E-state index is 0.325. The molecule has 0 aliphatic carbocycles. The van der Waals surface area contributed by atoms with Gasteiger partial charge in [0, 0.05) is 16.7 Å². The molecule has 0 amide bonds. The van der Waals surface area contributed by atoms with Gasteiger partial charge >= 0.3 is 0 Å². The van der Waals surface area contributed by atoms with Crippen molar-refractivity contribution in [2.24, 2.45) is 0 Å². The first-order valence-electron chi connectivity index (χ1n) is 5.54. The van der Waals surface area contributed by atoms with Crippen LogP contribution in [-0.2, 0) is 0 Å². The number of aryl methyl sites for hydroxylation is 1. The zero-order valence-corrected chi connectivity index (χ0v) is 12.1. The lowest BCUT2D eigenvalue weighted by molar-refractivity contribution is 0.918. The molecule has 0 spiro atoms. The molecule has 1 aromatic carbocycles. The van der Waals surface area contributed by atoms with Gasteiger partial charge in [-0.25, -0.2) is 9.50 Å². The third-order valence-corrected chi connectivity index (χ3v) is 3.62. The monoisotopic (exact) mass is 311 g/mol. The highest BCUT2D eigenvalue weighted by Gasteiger charge is 2.17. The number of nitrogens with zero attached hydrogens (tertiary/aromatic N) is 3. The van der Waals surface area contributed by atoms with Crippen molar-refractivity contribution in [3.05, 3.63) is 51.4 Å². The summed E-state index contributed by atoms with van der Waals surface area (Å²) in [5.74, 6) is 0. The smallest absolute Gasteiger partial charge is 0.166 e. The largest absolute Gasteiger partial charge is 0.216 e. The van der Waals surface area contributed by atoms with Gasteiger partial charge in [-0.15, -0.1) is 0 Å². The standard InChI is InChI=1S/C13H8Cl3N3/c1-7-12(8-4-2-3-5-9(8)14)13-17-10(15)6-11(16)19(13)18-7/h2-6H,1H3. The molecule has 0 saturated carbocycles. The summed E-state index contributed by atoms with van der Waals surface area (Å²) in [4.78, 5) is 4.30. The molecule has 0 aliphatic heterocycles. The lowest BCUT2D eigenvalue weighted by Crippen LogP contribution is -1.92. The summed E-state index contributed by atoms with van der Waals surface area (Å²) in [6.45, 7) is 1.89. The van der Waals surface area contributed by atoms with Gasteiger partial charge in [0.15, 0.2) is 5.65 Å². The van der Waals surface area contributed by atoms with Gasteiger partial charge in [0.2, 0.25) is 0 Å². The Morgan fingerprint density at radius 2 is 1.84 bits per heavy atom. The zero-order chi connectivity index (χ0) is 13.6. The fourth-order valence-electron chi connectivity index (χ4n) is 2.04. The van der Waals surface area contributed by atoms with E-state index in [4.69, 9.17) is 34.8 Å². The van der Waals surface area contributed by atoms with E-state index in [0.717, 1.165) is 16.8 Å². The SMILES string of the molecule is Cc1nn2c(Cl)cc(Cl)nc2c1-c1ccccc1Cl. The van der Waals surface area contributed by atoms with Crippen molar-refractivity contribution >= 4 is 40.4 Å². The van der Waals surface area contributed by atoms with Gasteiger partial charge in [-0.3, -0.25) is 0 Å². The van der Waals surface area contributed by atoms with Crippen LogP contribution in [0.3, 0.4) is 0 Å². The third kappa shape index (κ3) is 2.08. The van der Waals surface area contributed by atoms with Gasteiger partial charge in [0.25, 0.3) is 0 Å². The van der Waals surface area contributed by atoms with Crippen LogP contribution in [0.4, 0.5) is 0 Å². The van der Waals surface area contributed by atoms with Crippen LogP contribution in [0, 0.1) is 6.92 Å². The Morgan fingerprint density at radius 3 is 2.58 bits per heavy atom. The van der Waals surface area contributed by atoms with E-state index in [1.807, 2.05) is 31.2 Å². The fourth-order valence-corrected chi connectivity index (χ4v) is 2.73. The van der Waals surface area contributed by atoms with Crippen molar-refractivity contribution in [3.8, 4) is 11.1 Å². The van der Waals surface area contributed by atoms with Gasteiger partial charge in [-0.05, 0) is 13.0 Å². The highest BCUT2D eigenvalue weighted by molar-refractivity contribution is 6.34. The highest BCUT2D eigenvalue weighted by atomic mass is 35.5. The molecule has 0 atom stereocenters. The number of aromatic nitrogens is 3. The summed E-state index contributed by atoms with van der Waals surface area (Å²) in [7, 11) is 0. The van der Waals surface area contributed by atoms with Gasteiger partial charge in [-0.2, -0.15) is 5.10 Å². The predicted molar refractivity (Wildman–Crippen MR) is 78.2 cm³/mol. The Labute approximate surface area is 124 Å². The number of rotatable bonds is 1. The number of benzene rings is 1. The van der Waals surface area contributed by atoms with E-state index in [0.29, 0.717) is 21.0 Å². The van der Waals surface area contributed by atoms with Crippen LogP contribution in [0.5, 0.6) is 0 Å². The quantitative estimate of drug-likeness (QED) is 0.611. The van der Waals surface area contributed by atoms with E-state index < -0.39 is 0 Å². The first kappa shape index (κ1) is 12.7. The topological polar surface area (TPSA) is 30.2 Å². The highest BCUT2D eigenvalue weighted by Crippen LogP contribution is 2.34. The van der Waals surface area contributed by atoms with Gasteiger partial charge < -0.3 is 0 Å². The number of halogens is 3. The average Bonchev–Trinajstić information content (AvgIpc) is 2.67. The van der Waals surface area contributed by atoms with E-state index in [1.54, 1.807) is 10.6 Å². The lowest BCUT2D eigenvalue weighted by atomic mass is 10.1. The molecule has 0 radical (unpaired) electrons. The minimum absolute atomic E-state index is 0.325. The molecule has 0 bridgehead atoms. The second-order valence-electron chi connectivity index (χ2n) is 4.08. The second-order valence-corrected chi connectivity index (χ2v) is 5.26. The Balaban J connectivity index is 2.42. The van der Waals surface area contributed by atoms with Gasteiger partial charge in [0.05, 0.1) is 11.3 Å². The summed E-state index contributed by atoms with van der Waals surface area (Å²) < 4.78 is 1.56. The van der Waals surface area contributed by atoms with Crippen molar-refractivity contribution in [3.63, 3.8) is 0 Å². The Kier molecular flexibility index (Phi) is 3.13. The van der Waals surface area contributed by atoms with Crippen molar-refractivity contribution < 1.29 is 0 Å². The van der Waals surface area contributed by atoms with E-state index in [-0.39, 0.29) is 0 Å². The van der Waals surface area contributed by atoms with E-state index in [1.165, 1.54) is 0 Å². The van der Waals surface area contributed by atoms with Crippen LogP contribution in [0.1, 0.15) is 5.69 Å². The van der Waals surface area contributed by atoms with Crippen molar-refractivity contribution in [2.45, 2.75) is 6.92 Å². The van der Waals surface area contributed by atoms with E-state index in [9.17, 15) is 0 Å². The van der Waals surface area contributed by atoms with Crippen LogP contribution < -0.4 is 0 Å². The Hall–Kier alpha value is -1.29. The van der Waals surface area contributed by atoms with Crippen molar-refractivity contribution in [2.75, 3.05) is 0 Å². The van der Waals surface area contributed by atoms with Crippen molar-refractivity contribution in [1.82, 2.24) is 14.6 Å². The van der Waals surface area contributed by atoms with Gasteiger partial charge in [-0.1, -0.05) is 53.0 Å². The van der Waals surface area contributed by atoms with Crippen LogP contribution in [0.2, 0.25) is 15.3 Å². The molecule has 3 nitrogen and oxygen atoms in total. The number of hydrogen-bond acceptors (Lipinski definition) is 2. The summed E-state index contributed by atoms with van der Waals surface area (Å²) in [6, 6.07) is 9.09. The second kappa shape index (κ2) is 4.67. The molecule has 0 aliphatic rings. The molecule has 2 heterocycles. The maximum atomic E-state index is 6.24. The van der Waals surface area contributed by atoms with Crippen LogP contribution in [0.25, 0.3) is 16.8 Å². The molecule has 19 heavy (non-hydrogen) atoms. The lowest BCUT2D eigenvalue weighted by Gasteiger charge is -2.03. The van der Waals surface area contributed by atoms with Gasteiger partial charge in [0.1, 0.15) is 10.3 Å². The van der Waals surface area contributed by atoms with Crippen LogP contribution in [-0.4, -0.2) is 14.6 Å². The summed E-state index contributed by atoms with van der Waals surface area (Å²) in [6.07, 6.45) is 0. The zero-order valence-electron chi connectivity index (χ0n) is 9.86. The summed E-state index contributed by atoms with van der Waals surface area (Å²) >= 11 is 18.3. The number of fused-ring (bicyclic) bond motifs is 1. The molecule has 0 N–H and O–H groups in total. The molecule has 2 aromatic heterocycles. The predicted octanol–water partition coefficient (Wildman–Crippen LogP) is 4.66. The Morgan fingerprint density at radius 1 is 1.11 bits per heavy atom. The normalized spacial score (nSPS) is 11.2. The van der Waals surface area contributed by atoms with E-state index >= 15 is 0 Å². The number of hydrogen-bond donors (Lipinski definition) is 0. The Bertz CT molecular complexity index is 780. The molecule has 0 unspecified atom stereocenters. The molecule has 96 valence electrons. The molecule has 0 saturated heterocycles. The average molecular weight is 313 g/mol.